The van der Waals surface area contributed by atoms with Crippen molar-refractivity contribution in [3.8, 4) is 0 Å². The second-order valence-electron chi connectivity index (χ2n) is 6.59. The fourth-order valence-corrected chi connectivity index (χ4v) is 3.38. The minimum Gasteiger partial charge on any atom is -0.311 e. The summed E-state index contributed by atoms with van der Waals surface area (Å²) in [6.45, 7) is 11.9. The molecule has 2 unspecified atom stereocenters. The molecule has 2 aliphatic rings. The lowest BCUT2D eigenvalue weighted by Gasteiger charge is -2.54. The van der Waals surface area contributed by atoms with Crippen molar-refractivity contribution in [2.24, 2.45) is 5.92 Å². The van der Waals surface area contributed by atoms with Gasteiger partial charge in [-0.3, -0.25) is 4.90 Å². The Bertz CT molecular complexity index is 233. The van der Waals surface area contributed by atoms with Gasteiger partial charge >= 0.3 is 0 Å². The van der Waals surface area contributed by atoms with Crippen molar-refractivity contribution < 1.29 is 0 Å². The van der Waals surface area contributed by atoms with E-state index in [1.165, 1.54) is 38.8 Å². The van der Waals surface area contributed by atoms with E-state index in [9.17, 15) is 0 Å². The monoisotopic (exact) mass is 224 g/mol. The Morgan fingerprint density at radius 3 is 2.56 bits per heavy atom. The van der Waals surface area contributed by atoms with Crippen molar-refractivity contribution >= 4 is 0 Å². The zero-order chi connectivity index (χ0) is 11.8. The Balaban J connectivity index is 1.95. The fourth-order valence-electron chi connectivity index (χ4n) is 3.38. The molecule has 2 fully saturated rings. The van der Waals surface area contributed by atoms with Crippen LogP contribution in [0.4, 0.5) is 0 Å². The van der Waals surface area contributed by atoms with Crippen molar-refractivity contribution in [1.82, 2.24) is 10.2 Å². The first kappa shape index (κ1) is 12.4. The van der Waals surface area contributed by atoms with Crippen LogP contribution in [0.3, 0.4) is 0 Å². The van der Waals surface area contributed by atoms with Crippen molar-refractivity contribution in [2.45, 2.75) is 71.0 Å². The first-order valence-corrected chi connectivity index (χ1v) is 7.01. The van der Waals surface area contributed by atoms with E-state index in [1.807, 2.05) is 0 Å². The Hall–Kier alpha value is -0.0800. The van der Waals surface area contributed by atoms with Crippen molar-refractivity contribution in [3.05, 3.63) is 0 Å². The van der Waals surface area contributed by atoms with E-state index in [0.717, 1.165) is 5.92 Å². The van der Waals surface area contributed by atoms with Crippen LogP contribution in [0.2, 0.25) is 0 Å². The van der Waals surface area contributed by atoms with Crippen LogP contribution < -0.4 is 5.32 Å². The molecule has 0 bridgehead atoms. The van der Waals surface area contributed by atoms with E-state index < -0.39 is 0 Å². The third-order valence-corrected chi connectivity index (χ3v) is 4.53. The summed E-state index contributed by atoms with van der Waals surface area (Å²) in [6.07, 6.45) is 5.57. The zero-order valence-corrected chi connectivity index (χ0v) is 11.4. The van der Waals surface area contributed by atoms with Gasteiger partial charge in [-0.25, -0.2) is 0 Å². The number of hydrogen-bond acceptors (Lipinski definition) is 2. The van der Waals surface area contributed by atoms with Crippen molar-refractivity contribution in [1.29, 1.82) is 0 Å². The summed E-state index contributed by atoms with van der Waals surface area (Å²) in [5.74, 6) is 0.807. The Labute approximate surface area is 101 Å². The maximum atomic E-state index is 3.71. The molecule has 1 N–H and O–H groups in total. The molecule has 2 nitrogen and oxygen atoms in total. The van der Waals surface area contributed by atoms with Crippen molar-refractivity contribution in [3.63, 3.8) is 0 Å². The van der Waals surface area contributed by atoms with Gasteiger partial charge in [-0.05, 0) is 45.4 Å². The summed E-state index contributed by atoms with van der Waals surface area (Å²) in [7, 11) is 0. The van der Waals surface area contributed by atoms with E-state index in [4.69, 9.17) is 0 Å². The lowest BCUT2D eigenvalue weighted by molar-refractivity contribution is -0.0245. The number of nitrogens with zero attached hydrogens (tertiary/aromatic N) is 1. The van der Waals surface area contributed by atoms with Crippen molar-refractivity contribution in [2.75, 3.05) is 13.1 Å². The van der Waals surface area contributed by atoms with Gasteiger partial charge in [0.1, 0.15) is 0 Å². The summed E-state index contributed by atoms with van der Waals surface area (Å²) >= 11 is 0. The Morgan fingerprint density at radius 1 is 1.38 bits per heavy atom. The van der Waals surface area contributed by atoms with E-state index in [1.54, 1.807) is 0 Å². The van der Waals surface area contributed by atoms with E-state index in [-0.39, 0.29) is 0 Å². The van der Waals surface area contributed by atoms with E-state index in [2.05, 4.69) is 37.9 Å². The highest BCUT2D eigenvalue weighted by Gasteiger charge is 2.42. The number of piperazine rings is 1. The molecule has 2 heteroatoms. The fraction of sp³-hybridized carbons (Fsp3) is 1.00. The first-order valence-electron chi connectivity index (χ1n) is 7.01. The molecule has 2 rings (SSSR count). The smallest absolute Gasteiger partial charge is 0.0198 e. The molecule has 16 heavy (non-hydrogen) atoms. The third kappa shape index (κ3) is 2.43. The maximum Gasteiger partial charge on any atom is 0.0198 e. The van der Waals surface area contributed by atoms with Gasteiger partial charge < -0.3 is 5.32 Å². The Morgan fingerprint density at radius 2 is 2.06 bits per heavy atom. The molecule has 0 spiro atoms. The molecule has 1 heterocycles. The van der Waals surface area contributed by atoms with Gasteiger partial charge in [-0.2, -0.15) is 0 Å². The minimum absolute atomic E-state index is 0.525. The molecule has 94 valence electrons. The maximum absolute atomic E-state index is 3.71. The quantitative estimate of drug-likeness (QED) is 0.793. The highest BCUT2D eigenvalue weighted by atomic mass is 15.3. The molecule has 1 aliphatic carbocycles. The molecule has 1 saturated carbocycles. The predicted molar refractivity (Wildman–Crippen MR) is 69.7 cm³/mol. The van der Waals surface area contributed by atoms with Gasteiger partial charge in [0.05, 0.1) is 0 Å². The SMILES string of the molecule is CC(C)CC1CN(C2(C)CCC2)C(C)CN1. The average Bonchev–Trinajstić information content (AvgIpc) is 2.17. The van der Waals surface area contributed by atoms with Crippen LogP contribution in [0.1, 0.15) is 53.4 Å². The van der Waals surface area contributed by atoms with Gasteiger partial charge in [0, 0.05) is 30.7 Å². The first-order chi connectivity index (χ1) is 7.51. The van der Waals surface area contributed by atoms with E-state index >= 15 is 0 Å². The topological polar surface area (TPSA) is 15.3 Å². The average molecular weight is 224 g/mol. The molecule has 0 aromatic carbocycles. The number of hydrogen-bond donors (Lipinski definition) is 1. The molecular formula is C14H28N2. The van der Waals surface area contributed by atoms with Crippen LogP contribution in [0.15, 0.2) is 0 Å². The summed E-state index contributed by atoms with van der Waals surface area (Å²) < 4.78 is 0. The zero-order valence-electron chi connectivity index (χ0n) is 11.4. The summed E-state index contributed by atoms with van der Waals surface area (Å²) in [5.41, 5.74) is 0.525. The highest BCUT2D eigenvalue weighted by molar-refractivity contribution is 4.99. The van der Waals surface area contributed by atoms with Crippen LogP contribution in [0.25, 0.3) is 0 Å². The molecule has 0 aromatic heterocycles. The van der Waals surface area contributed by atoms with E-state index in [0.29, 0.717) is 17.6 Å². The van der Waals surface area contributed by atoms with Crippen LogP contribution in [0.5, 0.6) is 0 Å². The lowest BCUT2D eigenvalue weighted by Crippen LogP contribution is -2.64. The lowest BCUT2D eigenvalue weighted by atomic mass is 9.75. The van der Waals surface area contributed by atoms with Gasteiger partial charge in [-0.1, -0.05) is 13.8 Å². The molecular weight excluding hydrogens is 196 g/mol. The van der Waals surface area contributed by atoms with Crippen LogP contribution in [-0.2, 0) is 0 Å². The summed E-state index contributed by atoms with van der Waals surface area (Å²) in [5, 5.41) is 3.71. The normalized spacial score (nSPS) is 35.1. The highest BCUT2D eigenvalue weighted by Crippen LogP contribution is 2.39. The Kier molecular flexibility index (Phi) is 3.60. The van der Waals surface area contributed by atoms with Gasteiger partial charge in [-0.15, -0.1) is 0 Å². The summed E-state index contributed by atoms with van der Waals surface area (Å²) in [4.78, 5) is 2.78. The van der Waals surface area contributed by atoms with Gasteiger partial charge in [0.25, 0.3) is 0 Å². The van der Waals surface area contributed by atoms with Gasteiger partial charge in [0.15, 0.2) is 0 Å². The standard InChI is InChI=1S/C14H28N2/c1-11(2)8-13-10-16(12(3)9-15-13)14(4)6-5-7-14/h11-13,15H,5-10H2,1-4H3. The van der Waals surface area contributed by atoms with Crippen LogP contribution in [0, 0.1) is 5.92 Å². The molecule has 0 amide bonds. The van der Waals surface area contributed by atoms with Gasteiger partial charge in [0.2, 0.25) is 0 Å². The summed E-state index contributed by atoms with van der Waals surface area (Å²) in [6, 6.07) is 1.43. The molecule has 0 radical (unpaired) electrons. The second-order valence-corrected chi connectivity index (χ2v) is 6.59. The third-order valence-electron chi connectivity index (χ3n) is 4.53. The molecule has 0 aromatic rings. The molecule has 1 saturated heterocycles. The number of rotatable bonds is 3. The molecule has 2 atom stereocenters. The largest absolute Gasteiger partial charge is 0.311 e. The van der Waals surface area contributed by atoms with Crippen LogP contribution in [-0.4, -0.2) is 35.6 Å². The number of nitrogens with one attached hydrogen (secondary N) is 1. The second kappa shape index (κ2) is 4.66. The van der Waals surface area contributed by atoms with Crippen LogP contribution >= 0.6 is 0 Å². The minimum atomic E-state index is 0.525. The predicted octanol–water partition coefficient (Wildman–Crippen LogP) is 2.64. The molecule has 1 aliphatic heterocycles.